The summed E-state index contributed by atoms with van der Waals surface area (Å²) in [6, 6.07) is 6.06. The molecule has 0 radical (unpaired) electrons. The maximum Gasteiger partial charge on any atom is 0.262 e. The number of fused-ring (bicyclic) bond motifs is 1. The van der Waals surface area contributed by atoms with Gasteiger partial charge >= 0.3 is 0 Å². The highest BCUT2D eigenvalue weighted by Gasteiger charge is 2.17. The van der Waals surface area contributed by atoms with Crippen LogP contribution in [0.4, 0.5) is 5.69 Å². The van der Waals surface area contributed by atoms with E-state index in [1.165, 1.54) is 0 Å². The molecule has 1 aliphatic heterocycles. The van der Waals surface area contributed by atoms with Crippen LogP contribution in [0.3, 0.4) is 0 Å². The first-order valence-corrected chi connectivity index (χ1v) is 6.44. The lowest BCUT2D eigenvalue weighted by Crippen LogP contribution is -2.26. The van der Waals surface area contributed by atoms with Crippen LogP contribution in [0.1, 0.15) is 31.4 Å². The summed E-state index contributed by atoms with van der Waals surface area (Å²) >= 11 is 0. The molecule has 19 heavy (non-hydrogen) atoms. The molecule has 4 nitrogen and oxygen atoms in total. The van der Waals surface area contributed by atoms with Crippen LogP contribution in [0, 0.1) is 12.3 Å². The lowest BCUT2D eigenvalue weighted by atomic mass is 10.1. The van der Waals surface area contributed by atoms with Crippen LogP contribution < -0.4 is 15.4 Å². The number of hydrogen-bond acceptors (Lipinski definition) is 3. The summed E-state index contributed by atoms with van der Waals surface area (Å²) in [4.78, 5) is 11.3. The quantitative estimate of drug-likeness (QED) is 0.628. The van der Waals surface area contributed by atoms with Crippen LogP contribution in [0.2, 0.25) is 0 Å². The van der Waals surface area contributed by atoms with Crippen molar-refractivity contribution >= 4 is 11.6 Å². The average molecular weight is 258 g/mol. The van der Waals surface area contributed by atoms with Crippen LogP contribution in [0.5, 0.6) is 5.75 Å². The highest BCUT2D eigenvalue weighted by atomic mass is 16.5. The van der Waals surface area contributed by atoms with Crippen molar-refractivity contribution in [2.75, 3.05) is 18.5 Å². The Hall–Kier alpha value is -1.99. The van der Waals surface area contributed by atoms with Crippen LogP contribution in [-0.4, -0.2) is 19.1 Å². The number of unbranched alkanes of at least 4 members (excludes halogenated alkanes) is 1. The molecule has 0 spiro atoms. The zero-order valence-electron chi connectivity index (χ0n) is 11.0. The van der Waals surface area contributed by atoms with E-state index in [9.17, 15) is 4.79 Å². The Morgan fingerprint density at radius 3 is 3.21 bits per heavy atom. The normalized spacial score (nSPS) is 14.8. The van der Waals surface area contributed by atoms with Crippen molar-refractivity contribution in [2.45, 2.75) is 25.8 Å². The molecule has 1 unspecified atom stereocenters. The molecule has 1 aliphatic rings. The van der Waals surface area contributed by atoms with E-state index in [0.29, 0.717) is 0 Å². The fraction of sp³-hybridized carbons (Fsp3) is 0.400. The first-order chi connectivity index (χ1) is 9.20. The molecule has 1 heterocycles. The van der Waals surface area contributed by atoms with E-state index in [0.717, 1.165) is 36.4 Å². The van der Waals surface area contributed by atoms with Crippen molar-refractivity contribution in [3.63, 3.8) is 0 Å². The Balaban J connectivity index is 1.99. The molecule has 0 aliphatic carbocycles. The molecular formula is C15H18N2O2. The second kappa shape index (κ2) is 6.26. The summed E-state index contributed by atoms with van der Waals surface area (Å²) in [6.07, 6.45) is 6.96. The molecule has 0 saturated heterocycles. The number of carbonyl (C=O) groups excluding carboxylic acids is 1. The van der Waals surface area contributed by atoms with Crippen molar-refractivity contribution in [1.29, 1.82) is 0 Å². The number of hydrogen-bond donors (Lipinski definition) is 2. The van der Waals surface area contributed by atoms with E-state index in [1.54, 1.807) is 0 Å². The number of anilines is 1. The van der Waals surface area contributed by atoms with Crippen molar-refractivity contribution in [2.24, 2.45) is 0 Å². The predicted molar refractivity (Wildman–Crippen MR) is 75.1 cm³/mol. The van der Waals surface area contributed by atoms with Gasteiger partial charge in [0.2, 0.25) is 0 Å². The minimum absolute atomic E-state index is 0.0895. The molecule has 100 valence electrons. The fourth-order valence-corrected chi connectivity index (χ4v) is 2.00. The first-order valence-electron chi connectivity index (χ1n) is 6.44. The third-order valence-corrected chi connectivity index (χ3v) is 3.08. The summed E-state index contributed by atoms with van der Waals surface area (Å²) in [7, 11) is 0. The molecule has 0 fully saturated rings. The van der Waals surface area contributed by atoms with Crippen molar-refractivity contribution in [3.05, 3.63) is 23.8 Å². The van der Waals surface area contributed by atoms with Gasteiger partial charge in [0.25, 0.3) is 5.91 Å². The zero-order valence-corrected chi connectivity index (χ0v) is 11.0. The molecule has 0 saturated carbocycles. The van der Waals surface area contributed by atoms with E-state index in [1.807, 2.05) is 18.2 Å². The predicted octanol–water partition coefficient (Wildman–Crippen LogP) is 2.08. The van der Waals surface area contributed by atoms with Crippen molar-refractivity contribution in [1.82, 2.24) is 5.32 Å². The van der Waals surface area contributed by atoms with Gasteiger partial charge in [-0.1, -0.05) is 6.07 Å². The Bertz CT molecular complexity index is 505. The first kappa shape index (κ1) is 13.4. The zero-order chi connectivity index (χ0) is 13.7. The third-order valence-electron chi connectivity index (χ3n) is 3.08. The number of nitrogens with one attached hydrogen (secondary N) is 2. The second-order valence-electron chi connectivity index (χ2n) is 4.58. The average Bonchev–Trinajstić information content (AvgIpc) is 2.42. The smallest absolute Gasteiger partial charge is 0.262 e. The molecule has 0 bridgehead atoms. The Morgan fingerprint density at radius 1 is 1.58 bits per heavy atom. The van der Waals surface area contributed by atoms with Gasteiger partial charge in [-0.05, 0) is 37.6 Å². The summed E-state index contributed by atoms with van der Waals surface area (Å²) in [5, 5.41) is 6.22. The second-order valence-corrected chi connectivity index (χ2v) is 4.58. The number of benzene rings is 1. The lowest BCUT2D eigenvalue weighted by Gasteiger charge is -2.20. The van der Waals surface area contributed by atoms with Gasteiger partial charge in [0.15, 0.2) is 6.61 Å². The van der Waals surface area contributed by atoms with E-state index >= 15 is 0 Å². The molecule has 0 aromatic heterocycles. The topological polar surface area (TPSA) is 50.4 Å². The summed E-state index contributed by atoms with van der Waals surface area (Å²) in [5.41, 5.74) is 1.86. The highest BCUT2D eigenvalue weighted by Crippen LogP contribution is 2.30. The van der Waals surface area contributed by atoms with Gasteiger partial charge in [0.05, 0.1) is 5.69 Å². The molecule has 1 atom stereocenters. The fourth-order valence-electron chi connectivity index (χ4n) is 2.00. The van der Waals surface area contributed by atoms with Gasteiger partial charge < -0.3 is 15.4 Å². The molecule has 2 rings (SSSR count). The number of amides is 1. The van der Waals surface area contributed by atoms with Gasteiger partial charge in [0, 0.05) is 12.5 Å². The summed E-state index contributed by atoms with van der Waals surface area (Å²) in [6.45, 7) is 3.06. The van der Waals surface area contributed by atoms with Gasteiger partial charge in [-0.25, -0.2) is 0 Å². The van der Waals surface area contributed by atoms with E-state index in [4.69, 9.17) is 11.2 Å². The van der Waals surface area contributed by atoms with E-state index in [2.05, 4.69) is 23.5 Å². The Kier molecular flexibility index (Phi) is 4.43. The summed E-state index contributed by atoms with van der Waals surface area (Å²) in [5.74, 6) is 3.24. The van der Waals surface area contributed by atoms with Gasteiger partial charge in [0.1, 0.15) is 5.75 Å². The molecule has 1 aromatic rings. The molecular weight excluding hydrogens is 240 g/mol. The number of ether oxygens (including phenoxy) is 1. The van der Waals surface area contributed by atoms with Crippen LogP contribution in [0.25, 0.3) is 0 Å². The Labute approximate surface area is 113 Å². The largest absolute Gasteiger partial charge is 0.482 e. The number of carbonyl (C=O) groups is 1. The van der Waals surface area contributed by atoms with Gasteiger partial charge in [-0.3, -0.25) is 4.79 Å². The Morgan fingerprint density at radius 2 is 2.42 bits per heavy atom. The van der Waals surface area contributed by atoms with E-state index < -0.39 is 0 Å². The number of rotatable bonds is 5. The monoisotopic (exact) mass is 258 g/mol. The maximum absolute atomic E-state index is 11.3. The molecule has 4 heteroatoms. The number of terminal acetylenes is 1. The molecule has 1 amide bonds. The minimum Gasteiger partial charge on any atom is -0.482 e. The molecule has 2 N–H and O–H groups in total. The maximum atomic E-state index is 11.3. The summed E-state index contributed by atoms with van der Waals surface area (Å²) < 4.78 is 5.33. The lowest BCUT2D eigenvalue weighted by molar-refractivity contribution is -0.118. The van der Waals surface area contributed by atoms with Crippen molar-refractivity contribution in [3.8, 4) is 18.1 Å². The third kappa shape index (κ3) is 3.49. The molecule has 1 aromatic carbocycles. The van der Waals surface area contributed by atoms with Gasteiger partial charge in [-0.2, -0.15) is 0 Å². The standard InChI is InChI=1S/C15H18N2O2/c1-3-4-5-8-16-11(2)12-6-7-14-13(9-12)17-15(18)10-19-14/h1,6-7,9,11,16H,4-5,8,10H2,2H3,(H,17,18). The highest BCUT2D eigenvalue weighted by molar-refractivity contribution is 5.95. The van der Waals surface area contributed by atoms with Crippen LogP contribution >= 0.6 is 0 Å². The van der Waals surface area contributed by atoms with Crippen LogP contribution in [-0.2, 0) is 4.79 Å². The SMILES string of the molecule is C#CCCCNC(C)c1ccc2c(c1)NC(=O)CO2. The van der Waals surface area contributed by atoms with E-state index in [-0.39, 0.29) is 18.6 Å². The van der Waals surface area contributed by atoms with Crippen molar-refractivity contribution < 1.29 is 9.53 Å². The van der Waals surface area contributed by atoms with Crippen LogP contribution in [0.15, 0.2) is 18.2 Å². The van der Waals surface area contributed by atoms with Gasteiger partial charge in [-0.15, -0.1) is 12.3 Å². The minimum atomic E-state index is -0.112.